The van der Waals surface area contributed by atoms with Gasteiger partial charge in [0.1, 0.15) is 11.5 Å². The van der Waals surface area contributed by atoms with Gasteiger partial charge in [0, 0.05) is 16.9 Å². The molecule has 192 valence electrons. The molecule has 0 radical (unpaired) electrons. The van der Waals surface area contributed by atoms with Gasteiger partial charge in [0.2, 0.25) is 11.8 Å². The Morgan fingerprint density at radius 3 is 2.26 bits per heavy atom. The summed E-state index contributed by atoms with van der Waals surface area (Å²) in [5.41, 5.74) is 3.93. The maximum Gasteiger partial charge on any atom is 0.319 e. The van der Waals surface area contributed by atoms with Gasteiger partial charge in [-0.3, -0.25) is 14.4 Å². The van der Waals surface area contributed by atoms with Crippen LogP contribution < -0.4 is 14.4 Å². The van der Waals surface area contributed by atoms with Gasteiger partial charge in [0.05, 0.1) is 30.6 Å². The predicted molar refractivity (Wildman–Crippen MR) is 147 cm³/mol. The first-order valence-corrected chi connectivity index (χ1v) is 13.0. The minimum absolute atomic E-state index is 0.304. The topological polar surface area (TPSA) is 72.9 Å². The fourth-order valence-corrected chi connectivity index (χ4v) is 6.39. The van der Waals surface area contributed by atoms with E-state index in [0.717, 1.165) is 33.0 Å². The smallest absolute Gasteiger partial charge is 0.319 e. The Morgan fingerprint density at radius 2 is 1.51 bits per heavy atom. The molecular weight excluding hydrogens is 490 g/mol. The molecule has 4 atom stereocenters. The zero-order valence-electron chi connectivity index (χ0n) is 21.5. The monoisotopic (exact) mass is 515 g/mol. The fraction of sp³-hybridized carbons (Fsp3) is 0.182. The van der Waals surface area contributed by atoms with Crippen LogP contribution in [-0.4, -0.2) is 24.9 Å². The van der Waals surface area contributed by atoms with Crippen LogP contribution in [0.25, 0.3) is 16.3 Å². The summed E-state index contributed by atoms with van der Waals surface area (Å²) in [6.07, 6.45) is 2.01. The Bertz CT molecular complexity index is 1700. The summed E-state index contributed by atoms with van der Waals surface area (Å²) in [6, 6.07) is 26.6. The number of amides is 2. The van der Waals surface area contributed by atoms with Crippen molar-refractivity contribution in [2.75, 3.05) is 12.0 Å². The first kappa shape index (κ1) is 23.4. The molecular formula is C33H25NO5. The van der Waals surface area contributed by atoms with Crippen molar-refractivity contribution in [1.29, 1.82) is 0 Å². The van der Waals surface area contributed by atoms with E-state index in [1.165, 1.54) is 4.90 Å². The van der Waals surface area contributed by atoms with Crippen LogP contribution >= 0.6 is 0 Å². The SMILES string of the molecule is COc1ccc([C@@H]2C=C3c4ccc5ccccc5c4OC(=O)[C@@H]3[C@H]3C(=O)N(c4ccc(C)cc4)C(=O)[C@H]32)cc1. The largest absolute Gasteiger partial charge is 0.497 e. The second kappa shape index (κ2) is 8.67. The van der Waals surface area contributed by atoms with E-state index in [2.05, 4.69) is 0 Å². The lowest BCUT2D eigenvalue weighted by Gasteiger charge is -2.38. The lowest BCUT2D eigenvalue weighted by molar-refractivity contribution is -0.142. The zero-order chi connectivity index (χ0) is 26.8. The summed E-state index contributed by atoms with van der Waals surface area (Å²) >= 11 is 0. The molecule has 0 N–H and O–H groups in total. The van der Waals surface area contributed by atoms with Crippen LogP contribution in [0.5, 0.6) is 11.5 Å². The summed E-state index contributed by atoms with van der Waals surface area (Å²) < 4.78 is 11.3. The molecule has 3 aliphatic rings. The molecule has 0 spiro atoms. The lowest BCUT2D eigenvalue weighted by atomic mass is 9.64. The van der Waals surface area contributed by atoms with Crippen molar-refractivity contribution in [2.24, 2.45) is 17.8 Å². The normalized spacial score (nSPS) is 23.6. The highest BCUT2D eigenvalue weighted by atomic mass is 16.5. The molecule has 0 saturated carbocycles. The molecule has 7 rings (SSSR count). The first-order chi connectivity index (χ1) is 19.0. The van der Waals surface area contributed by atoms with Crippen LogP contribution in [0.1, 0.15) is 22.6 Å². The maximum absolute atomic E-state index is 14.1. The van der Waals surface area contributed by atoms with Crippen LogP contribution in [0.4, 0.5) is 5.69 Å². The predicted octanol–water partition coefficient (Wildman–Crippen LogP) is 5.68. The molecule has 1 aliphatic carbocycles. The first-order valence-electron chi connectivity index (χ1n) is 13.0. The van der Waals surface area contributed by atoms with Gasteiger partial charge in [-0.15, -0.1) is 0 Å². The highest BCUT2D eigenvalue weighted by Gasteiger charge is 2.60. The Kier molecular flexibility index (Phi) is 5.20. The van der Waals surface area contributed by atoms with E-state index in [0.29, 0.717) is 17.2 Å². The second-order valence-electron chi connectivity index (χ2n) is 10.4. The van der Waals surface area contributed by atoms with E-state index >= 15 is 0 Å². The minimum Gasteiger partial charge on any atom is -0.497 e. The Labute approximate surface area is 225 Å². The molecule has 0 unspecified atom stereocenters. The van der Waals surface area contributed by atoms with Crippen molar-refractivity contribution in [3.05, 3.63) is 108 Å². The molecule has 0 bridgehead atoms. The molecule has 4 aromatic rings. The van der Waals surface area contributed by atoms with Crippen molar-refractivity contribution in [1.82, 2.24) is 0 Å². The summed E-state index contributed by atoms with van der Waals surface area (Å²) in [5.74, 6) is -2.88. The summed E-state index contributed by atoms with van der Waals surface area (Å²) in [6.45, 7) is 1.95. The molecule has 4 aromatic carbocycles. The summed E-state index contributed by atoms with van der Waals surface area (Å²) in [7, 11) is 1.60. The van der Waals surface area contributed by atoms with Crippen molar-refractivity contribution in [3.8, 4) is 11.5 Å². The minimum atomic E-state index is -0.877. The molecule has 2 heterocycles. The fourth-order valence-electron chi connectivity index (χ4n) is 6.39. The second-order valence-corrected chi connectivity index (χ2v) is 10.4. The van der Waals surface area contributed by atoms with E-state index < -0.39 is 29.6 Å². The van der Waals surface area contributed by atoms with Crippen molar-refractivity contribution < 1.29 is 23.9 Å². The van der Waals surface area contributed by atoms with Crippen LogP contribution in [0, 0.1) is 24.7 Å². The number of hydrogen-bond acceptors (Lipinski definition) is 5. The van der Waals surface area contributed by atoms with E-state index in [1.807, 2.05) is 85.8 Å². The number of benzene rings is 4. The quantitative estimate of drug-likeness (QED) is 0.199. The van der Waals surface area contributed by atoms with Gasteiger partial charge < -0.3 is 9.47 Å². The number of carbonyl (C=O) groups excluding carboxylic acids is 3. The van der Waals surface area contributed by atoms with Gasteiger partial charge in [-0.05, 0) is 47.7 Å². The van der Waals surface area contributed by atoms with Crippen LogP contribution in [-0.2, 0) is 14.4 Å². The molecule has 0 aromatic heterocycles. The highest BCUT2D eigenvalue weighted by Crippen LogP contribution is 2.55. The zero-order valence-corrected chi connectivity index (χ0v) is 21.5. The molecule has 6 nitrogen and oxygen atoms in total. The number of rotatable bonds is 3. The van der Waals surface area contributed by atoms with E-state index in [1.54, 1.807) is 19.2 Å². The number of nitrogens with zero attached hydrogens (tertiary/aromatic N) is 1. The highest BCUT2D eigenvalue weighted by molar-refractivity contribution is 6.24. The van der Waals surface area contributed by atoms with Crippen molar-refractivity contribution in [3.63, 3.8) is 0 Å². The average Bonchev–Trinajstić information content (AvgIpc) is 3.23. The third-order valence-corrected chi connectivity index (χ3v) is 8.28. The van der Waals surface area contributed by atoms with Crippen LogP contribution in [0.15, 0.2) is 91.0 Å². The Hall–Kier alpha value is -4.71. The number of imide groups is 1. The Balaban J connectivity index is 1.43. The molecule has 39 heavy (non-hydrogen) atoms. The number of aryl methyl sites for hydroxylation is 1. The molecule has 1 fully saturated rings. The van der Waals surface area contributed by atoms with Crippen molar-refractivity contribution >= 4 is 39.8 Å². The van der Waals surface area contributed by atoms with Gasteiger partial charge >= 0.3 is 5.97 Å². The molecule has 6 heteroatoms. The number of methoxy groups -OCH3 is 1. The van der Waals surface area contributed by atoms with Gasteiger partial charge in [0.15, 0.2) is 0 Å². The van der Waals surface area contributed by atoms with E-state index in [4.69, 9.17) is 9.47 Å². The number of anilines is 1. The number of ether oxygens (including phenoxy) is 2. The van der Waals surface area contributed by atoms with E-state index in [9.17, 15) is 14.4 Å². The van der Waals surface area contributed by atoms with Crippen LogP contribution in [0.2, 0.25) is 0 Å². The number of carbonyl (C=O) groups is 3. The maximum atomic E-state index is 14.1. The van der Waals surface area contributed by atoms with Crippen molar-refractivity contribution in [2.45, 2.75) is 12.8 Å². The standard InChI is InChI=1S/C33H25NO5/c1-18-7-12-21(13-8-18)34-31(35)27-25(20-9-14-22(38-2)15-10-20)17-26-24-16-11-19-5-3-4-6-23(19)30(24)39-33(37)28(26)29(27)32(34)36/h3-17,25,27-29H,1-2H3/t25-,27-,28-,29-/m0/s1. The number of fused-ring (bicyclic) bond motifs is 7. The van der Waals surface area contributed by atoms with Gasteiger partial charge in [-0.25, -0.2) is 4.90 Å². The molecule has 1 saturated heterocycles. The van der Waals surface area contributed by atoms with Gasteiger partial charge in [0.25, 0.3) is 0 Å². The number of hydrogen-bond donors (Lipinski definition) is 0. The third-order valence-electron chi connectivity index (χ3n) is 8.28. The summed E-state index contributed by atoms with van der Waals surface area (Å²) in [5, 5.41) is 1.79. The summed E-state index contributed by atoms with van der Waals surface area (Å²) in [4.78, 5) is 43.1. The number of esters is 1. The Morgan fingerprint density at radius 1 is 0.795 bits per heavy atom. The van der Waals surface area contributed by atoms with Crippen LogP contribution in [0.3, 0.4) is 0 Å². The lowest BCUT2D eigenvalue weighted by Crippen LogP contribution is -2.42. The third kappa shape index (κ3) is 3.44. The average molecular weight is 516 g/mol. The molecule has 2 amide bonds. The molecule has 2 aliphatic heterocycles. The van der Waals surface area contributed by atoms with Gasteiger partial charge in [-0.1, -0.05) is 72.3 Å². The van der Waals surface area contributed by atoms with Gasteiger partial charge in [-0.2, -0.15) is 0 Å². The van der Waals surface area contributed by atoms with E-state index in [-0.39, 0.29) is 11.8 Å². The number of allylic oxidation sites excluding steroid dienone is 1.